The molecule has 0 spiro atoms. The molecule has 0 heterocycles. The van der Waals surface area contributed by atoms with Crippen LogP contribution in [-0.2, 0) is 4.79 Å². The molecule has 0 aromatic heterocycles. The van der Waals surface area contributed by atoms with Crippen LogP contribution in [-0.4, -0.2) is 30.4 Å². The van der Waals surface area contributed by atoms with Gasteiger partial charge in [0.05, 0.1) is 6.54 Å². The molecule has 0 bridgehead atoms. The van der Waals surface area contributed by atoms with Crippen molar-refractivity contribution in [1.29, 1.82) is 0 Å². The van der Waals surface area contributed by atoms with Crippen molar-refractivity contribution in [1.82, 2.24) is 4.90 Å². The smallest absolute Gasteiger partial charge is 0.238 e. The molecule has 0 saturated heterocycles. The number of carbonyl (C=O) groups excluding carboxylic acids is 1. The van der Waals surface area contributed by atoms with E-state index in [0.29, 0.717) is 6.54 Å². The Bertz CT molecular complexity index is 346. The van der Waals surface area contributed by atoms with Crippen molar-refractivity contribution in [3.8, 4) is 0 Å². The molecule has 1 aromatic carbocycles. The van der Waals surface area contributed by atoms with Crippen molar-refractivity contribution >= 4 is 11.6 Å². The Labute approximate surface area is 97.5 Å². The Morgan fingerprint density at radius 3 is 2.56 bits per heavy atom. The van der Waals surface area contributed by atoms with Gasteiger partial charge in [-0.1, -0.05) is 26.0 Å². The zero-order valence-corrected chi connectivity index (χ0v) is 10.3. The first-order valence-corrected chi connectivity index (χ1v) is 5.74. The number of nitrogens with zero attached hydrogens (tertiary/aromatic N) is 1. The molecule has 0 saturated carbocycles. The molecule has 16 heavy (non-hydrogen) atoms. The van der Waals surface area contributed by atoms with Gasteiger partial charge in [-0.3, -0.25) is 9.69 Å². The molecule has 3 nitrogen and oxygen atoms in total. The van der Waals surface area contributed by atoms with Crippen LogP contribution in [0, 0.1) is 6.92 Å². The third kappa shape index (κ3) is 4.03. The lowest BCUT2D eigenvalue weighted by Crippen LogP contribution is -2.32. The Hall–Kier alpha value is -1.35. The second-order valence-corrected chi connectivity index (χ2v) is 3.88. The number of rotatable bonds is 5. The molecule has 0 aliphatic carbocycles. The van der Waals surface area contributed by atoms with Crippen LogP contribution >= 0.6 is 0 Å². The zero-order chi connectivity index (χ0) is 12.0. The maximum absolute atomic E-state index is 11.7. The molecule has 0 radical (unpaired) electrons. The molecular formula is C13H20N2O. The number of hydrogen-bond acceptors (Lipinski definition) is 2. The predicted molar refractivity (Wildman–Crippen MR) is 67.6 cm³/mol. The summed E-state index contributed by atoms with van der Waals surface area (Å²) in [7, 11) is 0. The van der Waals surface area contributed by atoms with E-state index in [-0.39, 0.29) is 5.91 Å². The number of nitrogens with one attached hydrogen (secondary N) is 1. The summed E-state index contributed by atoms with van der Waals surface area (Å²) in [6.07, 6.45) is 0. The molecule has 3 heteroatoms. The molecule has 1 N–H and O–H groups in total. The van der Waals surface area contributed by atoms with Gasteiger partial charge in [-0.2, -0.15) is 0 Å². The van der Waals surface area contributed by atoms with E-state index in [2.05, 4.69) is 24.1 Å². The van der Waals surface area contributed by atoms with Crippen LogP contribution in [0.2, 0.25) is 0 Å². The molecule has 0 aliphatic heterocycles. The van der Waals surface area contributed by atoms with E-state index in [1.807, 2.05) is 31.2 Å². The minimum atomic E-state index is 0.0503. The largest absolute Gasteiger partial charge is 0.325 e. The highest BCUT2D eigenvalue weighted by atomic mass is 16.2. The van der Waals surface area contributed by atoms with Crippen molar-refractivity contribution in [2.45, 2.75) is 20.8 Å². The monoisotopic (exact) mass is 220 g/mol. The Morgan fingerprint density at radius 1 is 1.31 bits per heavy atom. The fourth-order valence-corrected chi connectivity index (χ4v) is 1.57. The Morgan fingerprint density at radius 2 is 2.00 bits per heavy atom. The van der Waals surface area contributed by atoms with E-state index in [1.54, 1.807) is 0 Å². The summed E-state index contributed by atoms with van der Waals surface area (Å²) in [5.74, 6) is 0.0503. The van der Waals surface area contributed by atoms with E-state index in [0.717, 1.165) is 24.3 Å². The fraction of sp³-hybridized carbons (Fsp3) is 0.462. The van der Waals surface area contributed by atoms with Gasteiger partial charge >= 0.3 is 0 Å². The third-order valence-corrected chi connectivity index (χ3v) is 2.56. The number of hydrogen-bond donors (Lipinski definition) is 1. The molecule has 1 rings (SSSR count). The van der Waals surface area contributed by atoms with Crippen LogP contribution in [0.15, 0.2) is 24.3 Å². The van der Waals surface area contributed by atoms with Crippen molar-refractivity contribution < 1.29 is 4.79 Å². The molecule has 0 unspecified atom stereocenters. The van der Waals surface area contributed by atoms with Crippen molar-refractivity contribution in [2.75, 3.05) is 25.0 Å². The molecule has 0 aliphatic rings. The third-order valence-electron chi connectivity index (χ3n) is 2.56. The van der Waals surface area contributed by atoms with Gasteiger partial charge in [-0.15, -0.1) is 0 Å². The van der Waals surface area contributed by atoms with Crippen LogP contribution < -0.4 is 5.32 Å². The van der Waals surface area contributed by atoms with E-state index in [4.69, 9.17) is 0 Å². The van der Waals surface area contributed by atoms with E-state index in [9.17, 15) is 4.79 Å². The fourth-order valence-electron chi connectivity index (χ4n) is 1.57. The summed E-state index contributed by atoms with van der Waals surface area (Å²) in [6.45, 7) is 8.39. The summed E-state index contributed by atoms with van der Waals surface area (Å²) in [6, 6.07) is 7.84. The summed E-state index contributed by atoms with van der Waals surface area (Å²) in [4.78, 5) is 13.8. The van der Waals surface area contributed by atoms with Gasteiger partial charge in [-0.05, 0) is 37.7 Å². The minimum absolute atomic E-state index is 0.0503. The standard InChI is InChI=1S/C13H20N2O/c1-4-15(5-2)10-13(16)14-12-8-6-7-11(3)9-12/h6-9H,4-5,10H2,1-3H3,(H,14,16). The molecular weight excluding hydrogens is 200 g/mol. The Kier molecular flexibility index (Phi) is 4.99. The summed E-state index contributed by atoms with van der Waals surface area (Å²) in [5, 5.41) is 2.90. The van der Waals surface area contributed by atoms with Crippen molar-refractivity contribution in [3.63, 3.8) is 0 Å². The van der Waals surface area contributed by atoms with Crippen LogP contribution in [0.4, 0.5) is 5.69 Å². The summed E-state index contributed by atoms with van der Waals surface area (Å²) in [5.41, 5.74) is 2.03. The van der Waals surface area contributed by atoms with Gasteiger partial charge in [0.25, 0.3) is 0 Å². The molecule has 88 valence electrons. The van der Waals surface area contributed by atoms with Gasteiger partial charge in [-0.25, -0.2) is 0 Å². The summed E-state index contributed by atoms with van der Waals surface area (Å²) < 4.78 is 0. The van der Waals surface area contributed by atoms with Gasteiger partial charge in [0, 0.05) is 5.69 Å². The highest BCUT2D eigenvalue weighted by Gasteiger charge is 2.06. The van der Waals surface area contributed by atoms with E-state index >= 15 is 0 Å². The number of benzene rings is 1. The average Bonchev–Trinajstić information content (AvgIpc) is 2.26. The van der Waals surface area contributed by atoms with Crippen LogP contribution in [0.25, 0.3) is 0 Å². The lowest BCUT2D eigenvalue weighted by molar-refractivity contribution is -0.117. The second kappa shape index (κ2) is 6.28. The van der Waals surface area contributed by atoms with Crippen LogP contribution in [0.3, 0.4) is 0 Å². The van der Waals surface area contributed by atoms with Crippen LogP contribution in [0.1, 0.15) is 19.4 Å². The number of anilines is 1. The predicted octanol–water partition coefficient (Wildman–Crippen LogP) is 2.28. The highest BCUT2D eigenvalue weighted by Crippen LogP contribution is 2.09. The van der Waals surface area contributed by atoms with E-state index in [1.165, 1.54) is 0 Å². The first kappa shape index (κ1) is 12.7. The molecule has 0 fully saturated rings. The first-order valence-electron chi connectivity index (χ1n) is 5.74. The van der Waals surface area contributed by atoms with Gasteiger partial charge in [0.2, 0.25) is 5.91 Å². The second-order valence-electron chi connectivity index (χ2n) is 3.88. The summed E-state index contributed by atoms with van der Waals surface area (Å²) >= 11 is 0. The number of likely N-dealkylation sites (N-methyl/N-ethyl adjacent to an activating group) is 1. The maximum atomic E-state index is 11.7. The van der Waals surface area contributed by atoms with Crippen molar-refractivity contribution in [3.05, 3.63) is 29.8 Å². The van der Waals surface area contributed by atoms with Gasteiger partial charge in [0.15, 0.2) is 0 Å². The van der Waals surface area contributed by atoms with E-state index < -0.39 is 0 Å². The molecule has 1 amide bonds. The zero-order valence-electron chi connectivity index (χ0n) is 10.3. The SMILES string of the molecule is CCN(CC)CC(=O)Nc1cccc(C)c1. The lowest BCUT2D eigenvalue weighted by Gasteiger charge is -2.17. The van der Waals surface area contributed by atoms with Crippen LogP contribution in [0.5, 0.6) is 0 Å². The number of aryl methyl sites for hydroxylation is 1. The Balaban J connectivity index is 2.51. The first-order chi connectivity index (χ1) is 7.65. The molecule has 1 aromatic rings. The van der Waals surface area contributed by atoms with Gasteiger partial charge < -0.3 is 5.32 Å². The number of amides is 1. The topological polar surface area (TPSA) is 32.3 Å². The lowest BCUT2D eigenvalue weighted by atomic mass is 10.2. The normalized spacial score (nSPS) is 10.5. The molecule has 0 atom stereocenters. The highest BCUT2D eigenvalue weighted by molar-refractivity contribution is 5.92. The average molecular weight is 220 g/mol. The van der Waals surface area contributed by atoms with Crippen molar-refractivity contribution in [2.24, 2.45) is 0 Å². The maximum Gasteiger partial charge on any atom is 0.238 e. The van der Waals surface area contributed by atoms with Gasteiger partial charge in [0.1, 0.15) is 0 Å². The number of carbonyl (C=O) groups is 1. The minimum Gasteiger partial charge on any atom is -0.325 e. The quantitative estimate of drug-likeness (QED) is 0.825.